The molecule has 0 saturated carbocycles. The molecule has 1 aromatic heterocycles. The van der Waals surface area contributed by atoms with E-state index in [4.69, 9.17) is 9.47 Å². The van der Waals surface area contributed by atoms with Crippen molar-refractivity contribution in [3.05, 3.63) is 59.9 Å². The highest BCUT2D eigenvalue weighted by Gasteiger charge is 2.11. The van der Waals surface area contributed by atoms with Gasteiger partial charge in [-0.15, -0.1) is 0 Å². The van der Waals surface area contributed by atoms with Gasteiger partial charge < -0.3 is 9.47 Å². The Bertz CT molecular complexity index is 678. The second-order valence-corrected chi connectivity index (χ2v) is 4.70. The van der Waals surface area contributed by atoms with Crippen LogP contribution < -0.4 is 9.47 Å². The average molecular weight is 297 g/mol. The molecule has 0 aliphatic carbocycles. The number of ether oxygens (including phenoxy) is 2. The van der Waals surface area contributed by atoms with Crippen molar-refractivity contribution in [3.8, 4) is 11.5 Å². The van der Waals surface area contributed by atoms with Gasteiger partial charge in [-0.2, -0.15) is 0 Å². The second-order valence-electron chi connectivity index (χ2n) is 4.70. The van der Waals surface area contributed by atoms with Gasteiger partial charge in [0.05, 0.1) is 13.7 Å². The van der Waals surface area contributed by atoms with Crippen LogP contribution in [0.5, 0.6) is 11.5 Å². The first-order valence-corrected chi connectivity index (χ1v) is 7.09. The standard InChI is InChI=1S/C18H19NO3/c1-4-22-18-12-15(5-6-17(18)21-3)16(11-13(2)20)14-7-9-19-10-8-14/h5-12H,4H2,1-3H3/b16-11-. The third-order valence-corrected chi connectivity index (χ3v) is 3.11. The lowest BCUT2D eigenvalue weighted by molar-refractivity contribution is -0.112. The van der Waals surface area contributed by atoms with Crippen molar-refractivity contribution < 1.29 is 14.3 Å². The molecular weight excluding hydrogens is 278 g/mol. The van der Waals surface area contributed by atoms with Crippen LogP contribution in [0.2, 0.25) is 0 Å². The fourth-order valence-corrected chi connectivity index (χ4v) is 2.18. The van der Waals surface area contributed by atoms with Crippen molar-refractivity contribution >= 4 is 11.4 Å². The first kappa shape index (κ1) is 15.8. The van der Waals surface area contributed by atoms with Crippen LogP contribution in [0.25, 0.3) is 5.57 Å². The molecule has 22 heavy (non-hydrogen) atoms. The molecular formula is C18H19NO3. The van der Waals surface area contributed by atoms with Crippen LogP contribution in [0, 0.1) is 0 Å². The number of carbonyl (C=O) groups is 1. The second kappa shape index (κ2) is 7.41. The maximum atomic E-state index is 11.6. The van der Waals surface area contributed by atoms with Crippen LogP contribution in [0.15, 0.2) is 48.8 Å². The number of aromatic nitrogens is 1. The molecule has 0 atom stereocenters. The van der Waals surface area contributed by atoms with Gasteiger partial charge in [-0.25, -0.2) is 0 Å². The minimum Gasteiger partial charge on any atom is -0.493 e. The third-order valence-electron chi connectivity index (χ3n) is 3.11. The fourth-order valence-electron chi connectivity index (χ4n) is 2.18. The Balaban J connectivity index is 2.53. The smallest absolute Gasteiger partial charge is 0.161 e. The molecule has 4 heteroatoms. The highest BCUT2D eigenvalue weighted by atomic mass is 16.5. The van der Waals surface area contributed by atoms with Crippen LogP contribution in [-0.4, -0.2) is 24.5 Å². The SMILES string of the molecule is CCOc1cc(/C(=C\C(C)=O)c2ccncc2)ccc1OC. The maximum Gasteiger partial charge on any atom is 0.161 e. The summed E-state index contributed by atoms with van der Waals surface area (Å²) < 4.78 is 10.9. The molecule has 2 aromatic rings. The van der Waals surface area contributed by atoms with Gasteiger partial charge in [-0.1, -0.05) is 6.07 Å². The Morgan fingerprint density at radius 1 is 1.14 bits per heavy atom. The first-order valence-electron chi connectivity index (χ1n) is 7.09. The van der Waals surface area contributed by atoms with Gasteiger partial charge in [0.15, 0.2) is 17.3 Å². The Labute approximate surface area is 130 Å². The number of carbonyl (C=O) groups excluding carboxylic acids is 1. The van der Waals surface area contributed by atoms with Crippen LogP contribution in [0.4, 0.5) is 0 Å². The first-order chi connectivity index (χ1) is 10.7. The Morgan fingerprint density at radius 2 is 1.86 bits per heavy atom. The molecule has 0 N–H and O–H groups in total. The maximum absolute atomic E-state index is 11.6. The summed E-state index contributed by atoms with van der Waals surface area (Å²) in [6.45, 7) is 4.00. The van der Waals surface area contributed by atoms with Gasteiger partial charge in [-0.05, 0) is 60.9 Å². The number of nitrogens with zero attached hydrogens (tertiary/aromatic N) is 1. The highest BCUT2D eigenvalue weighted by Crippen LogP contribution is 2.33. The van der Waals surface area contributed by atoms with Crippen LogP contribution in [0.3, 0.4) is 0 Å². The van der Waals surface area contributed by atoms with E-state index in [-0.39, 0.29) is 5.78 Å². The van der Waals surface area contributed by atoms with Crippen molar-refractivity contribution in [2.45, 2.75) is 13.8 Å². The van der Waals surface area contributed by atoms with E-state index in [1.807, 2.05) is 37.3 Å². The molecule has 4 nitrogen and oxygen atoms in total. The lowest BCUT2D eigenvalue weighted by Gasteiger charge is -2.13. The number of pyridine rings is 1. The average Bonchev–Trinajstić information content (AvgIpc) is 2.53. The van der Waals surface area contributed by atoms with Crippen molar-refractivity contribution in [3.63, 3.8) is 0 Å². The summed E-state index contributed by atoms with van der Waals surface area (Å²) in [6, 6.07) is 9.39. The Hall–Kier alpha value is -2.62. The summed E-state index contributed by atoms with van der Waals surface area (Å²) in [7, 11) is 1.60. The van der Waals surface area contributed by atoms with Gasteiger partial charge >= 0.3 is 0 Å². The normalized spacial score (nSPS) is 11.1. The zero-order chi connectivity index (χ0) is 15.9. The molecule has 0 radical (unpaired) electrons. The van der Waals surface area contributed by atoms with Gasteiger partial charge in [0, 0.05) is 12.4 Å². The minimum atomic E-state index is -0.0133. The number of hydrogen-bond donors (Lipinski definition) is 0. The summed E-state index contributed by atoms with van der Waals surface area (Å²) in [5, 5.41) is 0. The van der Waals surface area contributed by atoms with Crippen LogP contribution in [0.1, 0.15) is 25.0 Å². The van der Waals surface area contributed by atoms with Crippen molar-refractivity contribution in [1.29, 1.82) is 0 Å². The molecule has 0 saturated heterocycles. The van der Waals surface area contributed by atoms with E-state index >= 15 is 0 Å². The van der Waals surface area contributed by atoms with E-state index in [1.165, 1.54) is 6.92 Å². The van der Waals surface area contributed by atoms with Crippen molar-refractivity contribution in [2.24, 2.45) is 0 Å². The summed E-state index contributed by atoms with van der Waals surface area (Å²) in [5.41, 5.74) is 2.65. The molecule has 0 aliphatic heterocycles. The van der Waals surface area contributed by atoms with Gasteiger partial charge in [-0.3, -0.25) is 9.78 Å². The van der Waals surface area contributed by atoms with Crippen LogP contribution >= 0.6 is 0 Å². The molecule has 0 spiro atoms. The molecule has 0 amide bonds. The van der Waals surface area contributed by atoms with Crippen molar-refractivity contribution in [1.82, 2.24) is 4.98 Å². The van der Waals surface area contributed by atoms with E-state index in [9.17, 15) is 4.79 Å². The van der Waals surface area contributed by atoms with E-state index < -0.39 is 0 Å². The molecule has 0 unspecified atom stereocenters. The molecule has 1 aromatic carbocycles. The van der Waals surface area contributed by atoms with E-state index in [0.717, 1.165) is 16.7 Å². The molecule has 114 valence electrons. The predicted molar refractivity (Wildman–Crippen MR) is 86.2 cm³/mol. The van der Waals surface area contributed by atoms with E-state index in [1.54, 1.807) is 25.6 Å². The Morgan fingerprint density at radius 3 is 2.45 bits per heavy atom. The summed E-state index contributed by atoms with van der Waals surface area (Å²) in [5.74, 6) is 1.31. The Kier molecular flexibility index (Phi) is 5.31. The highest BCUT2D eigenvalue weighted by molar-refractivity contribution is 5.99. The van der Waals surface area contributed by atoms with Gasteiger partial charge in [0.2, 0.25) is 0 Å². The molecule has 0 fully saturated rings. The van der Waals surface area contributed by atoms with Crippen LogP contribution in [-0.2, 0) is 4.79 Å². The number of rotatable bonds is 6. The summed E-state index contributed by atoms with van der Waals surface area (Å²) >= 11 is 0. The fraction of sp³-hybridized carbons (Fsp3) is 0.222. The largest absolute Gasteiger partial charge is 0.493 e. The lowest BCUT2D eigenvalue weighted by Crippen LogP contribution is -1.98. The quantitative estimate of drug-likeness (QED) is 0.766. The summed E-state index contributed by atoms with van der Waals surface area (Å²) in [4.78, 5) is 15.6. The molecule has 1 heterocycles. The minimum absolute atomic E-state index is 0.0133. The number of allylic oxidation sites excluding steroid dienone is 1. The van der Waals surface area contributed by atoms with E-state index in [0.29, 0.717) is 18.1 Å². The lowest BCUT2D eigenvalue weighted by atomic mass is 9.97. The topological polar surface area (TPSA) is 48.4 Å². The zero-order valence-corrected chi connectivity index (χ0v) is 13.0. The van der Waals surface area contributed by atoms with Gasteiger partial charge in [0.1, 0.15) is 0 Å². The molecule has 0 bridgehead atoms. The molecule has 0 aliphatic rings. The number of benzene rings is 1. The monoisotopic (exact) mass is 297 g/mol. The number of methoxy groups -OCH3 is 1. The number of ketones is 1. The van der Waals surface area contributed by atoms with Crippen molar-refractivity contribution in [2.75, 3.05) is 13.7 Å². The predicted octanol–water partition coefficient (Wildman–Crippen LogP) is 3.51. The van der Waals surface area contributed by atoms with Gasteiger partial charge in [0.25, 0.3) is 0 Å². The molecule has 2 rings (SSSR count). The van der Waals surface area contributed by atoms with E-state index in [2.05, 4.69) is 4.98 Å². The zero-order valence-electron chi connectivity index (χ0n) is 13.0. The number of hydrogen-bond acceptors (Lipinski definition) is 4. The summed E-state index contributed by atoms with van der Waals surface area (Å²) in [6.07, 6.45) is 5.03. The third kappa shape index (κ3) is 3.73.